The molecule has 1 fully saturated rings. The monoisotopic (exact) mass is 414 g/mol. The second-order valence-electron chi connectivity index (χ2n) is 7.14. The minimum absolute atomic E-state index is 0. The first kappa shape index (κ1) is 21.1. The molecule has 2 aromatic heterocycles. The zero-order chi connectivity index (χ0) is 19.2. The number of piperidine rings is 1. The lowest BCUT2D eigenvalue weighted by Crippen LogP contribution is -2.32. The molecule has 0 saturated carbocycles. The number of hydrogen-bond acceptors (Lipinski definition) is 4. The normalized spacial score (nSPS) is 16.2. The van der Waals surface area contributed by atoms with Gasteiger partial charge in [0, 0.05) is 31.7 Å². The van der Waals surface area contributed by atoms with Crippen molar-refractivity contribution in [3.63, 3.8) is 0 Å². The molecule has 1 unspecified atom stereocenters. The minimum Gasteiger partial charge on any atom is -0.343 e. The summed E-state index contributed by atoms with van der Waals surface area (Å²) in [6.45, 7) is 3.18. The Morgan fingerprint density at radius 1 is 1.21 bits per heavy atom. The largest absolute Gasteiger partial charge is 0.343 e. The molecule has 7 nitrogen and oxygen atoms in total. The van der Waals surface area contributed by atoms with Crippen molar-refractivity contribution in [3.05, 3.63) is 72.1 Å². The van der Waals surface area contributed by atoms with Crippen molar-refractivity contribution in [2.24, 2.45) is 0 Å². The van der Waals surface area contributed by atoms with E-state index in [2.05, 4.69) is 37.4 Å². The van der Waals surface area contributed by atoms with Gasteiger partial charge in [0.25, 0.3) is 5.91 Å². The third-order valence-corrected chi connectivity index (χ3v) is 5.18. The van der Waals surface area contributed by atoms with E-state index in [1.54, 1.807) is 12.3 Å². The maximum absolute atomic E-state index is 12.5. The first-order chi connectivity index (χ1) is 13.8. The number of aromatic nitrogens is 4. The van der Waals surface area contributed by atoms with Gasteiger partial charge in [-0.15, -0.1) is 12.4 Å². The summed E-state index contributed by atoms with van der Waals surface area (Å²) in [7, 11) is 0. The molecule has 1 aliphatic rings. The molecule has 29 heavy (non-hydrogen) atoms. The molecule has 3 heterocycles. The van der Waals surface area contributed by atoms with Gasteiger partial charge in [-0.25, -0.2) is 4.98 Å². The molecule has 1 amide bonds. The predicted molar refractivity (Wildman–Crippen MR) is 114 cm³/mol. The van der Waals surface area contributed by atoms with Crippen molar-refractivity contribution >= 4 is 18.3 Å². The minimum atomic E-state index is -0.167. The van der Waals surface area contributed by atoms with Crippen LogP contribution in [0.25, 0.3) is 0 Å². The van der Waals surface area contributed by atoms with E-state index in [4.69, 9.17) is 0 Å². The van der Waals surface area contributed by atoms with Gasteiger partial charge >= 0.3 is 0 Å². The highest BCUT2D eigenvalue weighted by Crippen LogP contribution is 2.15. The highest BCUT2D eigenvalue weighted by Gasteiger charge is 2.18. The van der Waals surface area contributed by atoms with Gasteiger partial charge in [-0.3, -0.25) is 9.48 Å². The van der Waals surface area contributed by atoms with Crippen molar-refractivity contribution in [2.45, 2.75) is 38.4 Å². The van der Waals surface area contributed by atoms with E-state index in [1.807, 2.05) is 35.3 Å². The Bertz CT molecular complexity index is 901. The standard InChI is InChI=1S/C21H26N6O.ClH/c28-21(19-9-13-27(25-19)18-7-4-10-22-15-18)24-16-20-23-11-14-26(20)12-8-17-5-2-1-3-6-17;/h1-3,5-6,9,11,13-14,18,22H,4,7-8,10,12,15-16H2,(H,24,28);1H. The van der Waals surface area contributed by atoms with Crippen LogP contribution in [0.4, 0.5) is 0 Å². The summed E-state index contributed by atoms with van der Waals surface area (Å²) in [5, 5.41) is 10.8. The molecule has 4 rings (SSSR count). The number of nitrogens with zero attached hydrogens (tertiary/aromatic N) is 4. The lowest BCUT2D eigenvalue weighted by atomic mass is 10.1. The number of aryl methyl sites for hydroxylation is 2. The van der Waals surface area contributed by atoms with Crippen LogP contribution in [0.5, 0.6) is 0 Å². The summed E-state index contributed by atoms with van der Waals surface area (Å²) in [6.07, 6.45) is 8.78. The highest BCUT2D eigenvalue weighted by molar-refractivity contribution is 5.92. The van der Waals surface area contributed by atoms with Gasteiger partial charge in [0.2, 0.25) is 0 Å². The Balaban J connectivity index is 0.00000240. The van der Waals surface area contributed by atoms with Gasteiger partial charge in [-0.2, -0.15) is 5.10 Å². The molecule has 1 saturated heterocycles. The Kier molecular flexibility index (Phi) is 7.43. The fraction of sp³-hybridized carbons (Fsp3) is 0.381. The molecule has 1 aliphatic heterocycles. The predicted octanol–water partition coefficient (Wildman–Crippen LogP) is 2.60. The number of imidazole rings is 1. The second-order valence-corrected chi connectivity index (χ2v) is 7.14. The molecule has 3 aromatic rings. The Morgan fingerprint density at radius 3 is 2.86 bits per heavy atom. The molecule has 8 heteroatoms. The lowest BCUT2D eigenvalue weighted by molar-refractivity contribution is 0.0943. The van der Waals surface area contributed by atoms with Gasteiger partial charge in [0.05, 0.1) is 12.6 Å². The molecule has 0 radical (unpaired) electrons. The summed E-state index contributed by atoms with van der Waals surface area (Å²) in [5.41, 5.74) is 1.74. The average molecular weight is 415 g/mol. The van der Waals surface area contributed by atoms with Crippen molar-refractivity contribution in [1.29, 1.82) is 0 Å². The van der Waals surface area contributed by atoms with E-state index < -0.39 is 0 Å². The van der Waals surface area contributed by atoms with Crippen LogP contribution in [0.2, 0.25) is 0 Å². The maximum atomic E-state index is 12.5. The molecule has 1 aromatic carbocycles. The van der Waals surface area contributed by atoms with E-state index in [1.165, 1.54) is 5.56 Å². The van der Waals surface area contributed by atoms with Crippen molar-refractivity contribution in [1.82, 2.24) is 30.0 Å². The molecule has 1 atom stereocenters. The number of rotatable bonds is 7. The molecule has 0 spiro atoms. The lowest BCUT2D eigenvalue weighted by Gasteiger charge is -2.22. The smallest absolute Gasteiger partial charge is 0.272 e. The van der Waals surface area contributed by atoms with Crippen molar-refractivity contribution < 1.29 is 4.79 Å². The molecular formula is C21H27ClN6O. The molecule has 154 valence electrons. The quantitative estimate of drug-likeness (QED) is 0.623. The van der Waals surface area contributed by atoms with E-state index in [-0.39, 0.29) is 18.3 Å². The van der Waals surface area contributed by atoms with Gasteiger partial charge in [-0.05, 0) is 37.4 Å². The van der Waals surface area contributed by atoms with Crippen LogP contribution in [-0.2, 0) is 19.5 Å². The van der Waals surface area contributed by atoms with Crippen LogP contribution in [0, 0.1) is 0 Å². The number of nitrogens with one attached hydrogen (secondary N) is 2. The number of amides is 1. The first-order valence-electron chi connectivity index (χ1n) is 9.87. The Hall–Kier alpha value is -2.64. The molecular weight excluding hydrogens is 388 g/mol. The zero-order valence-electron chi connectivity index (χ0n) is 16.3. The first-order valence-corrected chi connectivity index (χ1v) is 9.87. The summed E-state index contributed by atoms with van der Waals surface area (Å²) < 4.78 is 3.99. The van der Waals surface area contributed by atoms with E-state index in [0.717, 1.165) is 44.7 Å². The number of halogens is 1. The van der Waals surface area contributed by atoms with E-state index >= 15 is 0 Å². The number of benzene rings is 1. The average Bonchev–Trinajstić information content (AvgIpc) is 3.42. The van der Waals surface area contributed by atoms with Crippen molar-refractivity contribution in [3.8, 4) is 0 Å². The third kappa shape index (κ3) is 5.46. The summed E-state index contributed by atoms with van der Waals surface area (Å²) in [4.78, 5) is 16.9. The number of hydrogen-bond donors (Lipinski definition) is 2. The van der Waals surface area contributed by atoms with Crippen LogP contribution in [-0.4, -0.2) is 38.3 Å². The summed E-state index contributed by atoms with van der Waals surface area (Å²) in [5.74, 6) is 0.681. The highest BCUT2D eigenvalue weighted by atomic mass is 35.5. The van der Waals surface area contributed by atoms with Gasteiger partial charge < -0.3 is 15.2 Å². The SMILES string of the molecule is Cl.O=C(NCc1nccn1CCc1ccccc1)c1ccn(C2CCCNC2)n1. The van der Waals surface area contributed by atoms with Crippen molar-refractivity contribution in [2.75, 3.05) is 13.1 Å². The summed E-state index contributed by atoms with van der Waals surface area (Å²) in [6, 6.07) is 12.5. The molecule has 2 N–H and O–H groups in total. The zero-order valence-corrected chi connectivity index (χ0v) is 17.1. The van der Waals surface area contributed by atoms with Gasteiger partial charge in [0.15, 0.2) is 0 Å². The number of carbonyl (C=O) groups excluding carboxylic acids is 1. The fourth-order valence-corrected chi connectivity index (χ4v) is 3.58. The van der Waals surface area contributed by atoms with Gasteiger partial charge in [0.1, 0.15) is 11.5 Å². The molecule has 0 aliphatic carbocycles. The fourth-order valence-electron chi connectivity index (χ4n) is 3.58. The third-order valence-electron chi connectivity index (χ3n) is 5.18. The Morgan fingerprint density at radius 2 is 2.07 bits per heavy atom. The number of carbonyl (C=O) groups is 1. The van der Waals surface area contributed by atoms with Crippen LogP contribution in [0.3, 0.4) is 0 Å². The van der Waals surface area contributed by atoms with Crippen LogP contribution in [0.15, 0.2) is 55.0 Å². The summed E-state index contributed by atoms with van der Waals surface area (Å²) >= 11 is 0. The topological polar surface area (TPSA) is 76.8 Å². The van der Waals surface area contributed by atoms with E-state index in [9.17, 15) is 4.79 Å². The molecule has 0 bridgehead atoms. The van der Waals surface area contributed by atoms with Crippen LogP contribution < -0.4 is 10.6 Å². The van der Waals surface area contributed by atoms with Crippen LogP contribution >= 0.6 is 12.4 Å². The second kappa shape index (κ2) is 10.2. The van der Waals surface area contributed by atoms with Crippen LogP contribution in [0.1, 0.15) is 40.8 Å². The Labute approximate surface area is 176 Å². The maximum Gasteiger partial charge on any atom is 0.272 e. The van der Waals surface area contributed by atoms with E-state index in [0.29, 0.717) is 18.3 Å². The van der Waals surface area contributed by atoms with Gasteiger partial charge in [-0.1, -0.05) is 30.3 Å².